The van der Waals surface area contributed by atoms with Gasteiger partial charge in [0.05, 0.1) is 13.1 Å². The third-order valence-electron chi connectivity index (χ3n) is 5.87. The molecule has 0 unspecified atom stereocenters. The van der Waals surface area contributed by atoms with Crippen molar-refractivity contribution in [3.8, 4) is 11.1 Å². The second-order valence-electron chi connectivity index (χ2n) is 7.67. The van der Waals surface area contributed by atoms with Crippen LogP contribution in [-0.2, 0) is 10.3 Å². The van der Waals surface area contributed by atoms with Gasteiger partial charge >= 0.3 is 6.09 Å². The fraction of sp³-hybridized carbons (Fsp3) is 0.208. The predicted octanol–water partition coefficient (Wildman–Crippen LogP) is 4.90. The maximum atomic E-state index is 12.6. The van der Waals surface area contributed by atoms with E-state index in [-0.39, 0.29) is 31.7 Å². The molecule has 1 fully saturated rings. The van der Waals surface area contributed by atoms with Crippen molar-refractivity contribution < 1.29 is 14.6 Å². The molecule has 0 atom stereocenters. The molecule has 1 aliphatic heterocycles. The van der Waals surface area contributed by atoms with Crippen molar-refractivity contribution in [3.05, 3.63) is 94.0 Å². The van der Waals surface area contributed by atoms with E-state index in [9.17, 15) is 9.90 Å². The zero-order valence-electron chi connectivity index (χ0n) is 15.7. The molecule has 0 bridgehead atoms. The van der Waals surface area contributed by atoms with Gasteiger partial charge in [-0.05, 0) is 28.3 Å². The zero-order chi connectivity index (χ0) is 20.0. The highest BCUT2D eigenvalue weighted by atomic mass is 79.9. The maximum Gasteiger partial charge on any atom is 0.410 e. The van der Waals surface area contributed by atoms with Crippen LogP contribution < -0.4 is 0 Å². The van der Waals surface area contributed by atoms with Crippen molar-refractivity contribution in [1.29, 1.82) is 0 Å². The van der Waals surface area contributed by atoms with Gasteiger partial charge in [0.25, 0.3) is 0 Å². The molecule has 1 N–H and O–H groups in total. The molecule has 2 aliphatic rings. The van der Waals surface area contributed by atoms with Crippen molar-refractivity contribution in [2.24, 2.45) is 0 Å². The standard InChI is InChI=1S/C24H20BrNO3/c25-22-12-6-5-11-21(22)24(28)14-26(15-24)23(27)29-13-20-18-9-3-1-7-16(18)17-8-2-4-10-19(17)20/h1-12,20,28H,13-15H2. The Morgan fingerprint density at radius 3 is 2.14 bits per heavy atom. The van der Waals surface area contributed by atoms with Crippen LogP contribution in [0.3, 0.4) is 0 Å². The van der Waals surface area contributed by atoms with Crippen molar-refractivity contribution in [1.82, 2.24) is 4.90 Å². The molecule has 1 saturated heterocycles. The van der Waals surface area contributed by atoms with Crippen molar-refractivity contribution in [2.75, 3.05) is 19.7 Å². The first kappa shape index (κ1) is 18.4. The first-order chi connectivity index (χ1) is 14.1. The predicted molar refractivity (Wildman–Crippen MR) is 115 cm³/mol. The van der Waals surface area contributed by atoms with Gasteiger partial charge < -0.3 is 14.7 Å². The zero-order valence-corrected chi connectivity index (χ0v) is 17.3. The number of halogens is 1. The first-order valence-electron chi connectivity index (χ1n) is 9.64. The lowest BCUT2D eigenvalue weighted by molar-refractivity contribution is -0.0947. The summed E-state index contributed by atoms with van der Waals surface area (Å²) in [4.78, 5) is 14.1. The van der Waals surface area contributed by atoms with Crippen LogP contribution in [0.5, 0.6) is 0 Å². The van der Waals surface area contributed by atoms with Crippen LogP contribution in [0, 0.1) is 0 Å². The molecule has 1 amide bonds. The Kier molecular flexibility index (Phi) is 4.45. The van der Waals surface area contributed by atoms with Crippen LogP contribution in [0.15, 0.2) is 77.3 Å². The molecule has 29 heavy (non-hydrogen) atoms. The summed E-state index contributed by atoms with van der Waals surface area (Å²) in [5.41, 5.74) is 4.55. The molecule has 4 nitrogen and oxygen atoms in total. The Balaban J connectivity index is 1.27. The molecular weight excluding hydrogens is 430 g/mol. The van der Waals surface area contributed by atoms with E-state index in [4.69, 9.17) is 4.74 Å². The van der Waals surface area contributed by atoms with Crippen molar-refractivity contribution >= 4 is 22.0 Å². The Labute approximate surface area is 177 Å². The number of carbonyl (C=O) groups is 1. The number of β-amino-alcohol motifs (C(OH)–C–C–N with tert-alkyl or cyclic N) is 1. The molecule has 0 aromatic heterocycles. The van der Waals surface area contributed by atoms with E-state index < -0.39 is 5.60 Å². The molecule has 1 heterocycles. The SMILES string of the molecule is O=C(OCC1c2ccccc2-c2ccccc21)N1CC(O)(c2ccccc2Br)C1. The Hall–Kier alpha value is -2.63. The highest BCUT2D eigenvalue weighted by molar-refractivity contribution is 9.10. The molecule has 5 rings (SSSR count). The van der Waals surface area contributed by atoms with Gasteiger partial charge in [-0.25, -0.2) is 4.79 Å². The third-order valence-corrected chi connectivity index (χ3v) is 6.57. The number of hydrogen-bond donors (Lipinski definition) is 1. The summed E-state index contributed by atoms with van der Waals surface area (Å²) in [6.45, 7) is 0.745. The quantitative estimate of drug-likeness (QED) is 0.618. The van der Waals surface area contributed by atoms with E-state index in [0.29, 0.717) is 0 Å². The smallest absolute Gasteiger partial charge is 0.410 e. The van der Waals surface area contributed by atoms with Gasteiger partial charge in [0.2, 0.25) is 0 Å². The van der Waals surface area contributed by atoms with Gasteiger partial charge in [0.1, 0.15) is 12.2 Å². The second-order valence-corrected chi connectivity index (χ2v) is 8.53. The van der Waals surface area contributed by atoms with Crippen LogP contribution in [-0.4, -0.2) is 35.8 Å². The van der Waals surface area contributed by atoms with E-state index >= 15 is 0 Å². The first-order valence-corrected chi connectivity index (χ1v) is 10.4. The number of hydrogen-bond acceptors (Lipinski definition) is 3. The monoisotopic (exact) mass is 449 g/mol. The molecule has 146 valence electrons. The second kappa shape index (κ2) is 7.01. The van der Waals surface area contributed by atoms with E-state index in [1.807, 2.05) is 48.5 Å². The van der Waals surface area contributed by atoms with Gasteiger partial charge in [0.15, 0.2) is 0 Å². The summed E-state index contributed by atoms with van der Waals surface area (Å²) in [6, 6.07) is 24.1. The lowest BCUT2D eigenvalue weighted by atomic mass is 9.86. The molecule has 0 radical (unpaired) electrons. The highest BCUT2D eigenvalue weighted by Gasteiger charge is 2.46. The van der Waals surface area contributed by atoms with Crippen LogP contribution in [0.25, 0.3) is 11.1 Å². The van der Waals surface area contributed by atoms with E-state index in [1.165, 1.54) is 22.3 Å². The minimum atomic E-state index is -1.04. The normalized spacial score (nSPS) is 16.7. The minimum absolute atomic E-state index is 0.0368. The van der Waals surface area contributed by atoms with Crippen LogP contribution in [0.2, 0.25) is 0 Å². The summed E-state index contributed by atoms with van der Waals surface area (Å²) in [5.74, 6) is 0.0368. The number of benzene rings is 3. The summed E-state index contributed by atoms with van der Waals surface area (Å²) in [6.07, 6.45) is -0.386. The summed E-state index contributed by atoms with van der Waals surface area (Å²) in [7, 11) is 0. The van der Waals surface area contributed by atoms with Crippen molar-refractivity contribution in [3.63, 3.8) is 0 Å². The molecule has 1 aliphatic carbocycles. The van der Waals surface area contributed by atoms with E-state index in [0.717, 1.165) is 10.0 Å². The van der Waals surface area contributed by atoms with Crippen molar-refractivity contribution in [2.45, 2.75) is 11.5 Å². The molecule has 0 spiro atoms. The van der Waals surface area contributed by atoms with E-state index in [1.54, 1.807) is 4.90 Å². The average molecular weight is 450 g/mol. The maximum absolute atomic E-state index is 12.6. The van der Waals surface area contributed by atoms with Crippen LogP contribution in [0.4, 0.5) is 4.79 Å². The van der Waals surface area contributed by atoms with Gasteiger partial charge in [0, 0.05) is 16.0 Å². The largest absolute Gasteiger partial charge is 0.448 e. The summed E-state index contributed by atoms with van der Waals surface area (Å²) < 4.78 is 6.51. The number of aliphatic hydroxyl groups is 1. The highest BCUT2D eigenvalue weighted by Crippen LogP contribution is 2.44. The Morgan fingerprint density at radius 1 is 0.966 bits per heavy atom. The lowest BCUT2D eigenvalue weighted by Crippen LogP contribution is -2.61. The third kappa shape index (κ3) is 3.05. The van der Waals surface area contributed by atoms with Gasteiger partial charge in [-0.15, -0.1) is 0 Å². The fourth-order valence-electron chi connectivity index (χ4n) is 4.41. The number of likely N-dealkylation sites (tertiary alicyclic amines) is 1. The molecule has 3 aromatic rings. The molecule has 0 saturated carbocycles. The number of fused-ring (bicyclic) bond motifs is 3. The van der Waals surface area contributed by atoms with Crippen LogP contribution in [0.1, 0.15) is 22.6 Å². The summed E-state index contributed by atoms with van der Waals surface area (Å²) in [5, 5.41) is 10.8. The summed E-state index contributed by atoms with van der Waals surface area (Å²) >= 11 is 3.48. The number of ether oxygens (including phenoxy) is 1. The molecular formula is C24H20BrNO3. The van der Waals surface area contributed by atoms with Gasteiger partial charge in [-0.3, -0.25) is 0 Å². The van der Waals surface area contributed by atoms with Gasteiger partial charge in [-0.1, -0.05) is 82.7 Å². The lowest BCUT2D eigenvalue weighted by Gasteiger charge is -2.46. The van der Waals surface area contributed by atoms with Gasteiger partial charge in [-0.2, -0.15) is 0 Å². The number of nitrogens with zero attached hydrogens (tertiary/aromatic N) is 1. The fourth-order valence-corrected chi connectivity index (χ4v) is 5.06. The molecule has 5 heteroatoms. The minimum Gasteiger partial charge on any atom is -0.448 e. The number of amides is 1. The number of carbonyl (C=O) groups excluding carboxylic acids is 1. The number of rotatable bonds is 3. The molecule has 3 aromatic carbocycles. The van der Waals surface area contributed by atoms with Crippen LogP contribution >= 0.6 is 15.9 Å². The topological polar surface area (TPSA) is 49.8 Å². The average Bonchev–Trinajstić information content (AvgIpc) is 3.04. The Bertz CT molecular complexity index is 1050. The van der Waals surface area contributed by atoms with E-state index in [2.05, 4.69) is 40.2 Å². The Morgan fingerprint density at radius 2 is 1.52 bits per heavy atom.